The highest BCUT2D eigenvalue weighted by Crippen LogP contribution is 2.37. The van der Waals surface area contributed by atoms with Gasteiger partial charge in [0.25, 0.3) is 5.91 Å². The number of benzene rings is 2. The molecule has 0 aliphatic carbocycles. The lowest BCUT2D eigenvalue weighted by molar-refractivity contribution is 0.0952. The summed E-state index contributed by atoms with van der Waals surface area (Å²) in [5.41, 5.74) is 3.57. The first-order valence-corrected chi connectivity index (χ1v) is 13.6. The van der Waals surface area contributed by atoms with Crippen LogP contribution in [0.15, 0.2) is 42.9 Å². The van der Waals surface area contributed by atoms with Crippen LogP contribution in [0.1, 0.15) is 30.0 Å². The van der Waals surface area contributed by atoms with Gasteiger partial charge in [-0.25, -0.2) is 34.1 Å². The van der Waals surface area contributed by atoms with Crippen LogP contribution in [0.5, 0.6) is 11.6 Å². The number of ether oxygens (including phenoxy) is 2. The van der Waals surface area contributed by atoms with Gasteiger partial charge in [-0.1, -0.05) is 0 Å². The Morgan fingerprint density at radius 1 is 1.05 bits per heavy atom. The summed E-state index contributed by atoms with van der Waals surface area (Å²) < 4.78 is 27.0. The maximum atomic E-state index is 15.2. The molecule has 0 fully saturated rings. The zero-order chi connectivity index (χ0) is 30.1. The van der Waals surface area contributed by atoms with Crippen molar-refractivity contribution in [1.29, 1.82) is 0 Å². The summed E-state index contributed by atoms with van der Waals surface area (Å²) in [6, 6.07) is 5.91. The molecular formula is C28H26FN7O5S. The van der Waals surface area contributed by atoms with Crippen LogP contribution in [0.25, 0.3) is 31.8 Å². The van der Waals surface area contributed by atoms with Crippen LogP contribution in [0.3, 0.4) is 0 Å². The van der Waals surface area contributed by atoms with Gasteiger partial charge in [0.2, 0.25) is 11.7 Å². The van der Waals surface area contributed by atoms with E-state index in [0.717, 1.165) is 16.0 Å². The number of rotatable bonds is 8. The largest absolute Gasteiger partial charge is 0.485 e. The molecular weight excluding hydrogens is 565 g/mol. The molecule has 0 spiro atoms. The fourth-order valence-corrected chi connectivity index (χ4v) is 5.34. The van der Waals surface area contributed by atoms with Crippen molar-refractivity contribution in [3.8, 4) is 22.2 Å². The van der Waals surface area contributed by atoms with Gasteiger partial charge >= 0.3 is 6.09 Å². The lowest BCUT2D eigenvalue weighted by atomic mass is 10.1. The molecule has 3 heterocycles. The van der Waals surface area contributed by atoms with Crippen molar-refractivity contribution in [2.24, 2.45) is 0 Å². The minimum Gasteiger partial charge on any atom is -0.485 e. The summed E-state index contributed by atoms with van der Waals surface area (Å²) in [5, 5.41) is 12.9. The van der Waals surface area contributed by atoms with Crippen LogP contribution in [-0.4, -0.2) is 68.3 Å². The number of carboxylic acid groups (broad SMARTS) is 1. The van der Waals surface area contributed by atoms with Crippen molar-refractivity contribution < 1.29 is 28.6 Å². The lowest BCUT2D eigenvalue weighted by Gasteiger charge is -2.30. The van der Waals surface area contributed by atoms with Gasteiger partial charge in [-0.05, 0) is 38.5 Å². The van der Waals surface area contributed by atoms with E-state index in [2.05, 4.69) is 30.2 Å². The summed E-state index contributed by atoms with van der Waals surface area (Å²) in [6.07, 6.45) is 1.92. The van der Waals surface area contributed by atoms with Gasteiger partial charge in [-0.3, -0.25) is 9.69 Å². The quantitative estimate of drug-likeness (QED) is 0.256. The molecule has 0 saturated heterocycles. The van der Waals surface area contributed by atoms with Crippen molar-refractivity contribution in [2.75, 3.05) is 19.1 Å². The maximum absolute atomic E-state index is 15.2. The fraction of sp³-hybridized carbons (Fsp3) is 0.250. The molecule has 216 valence electrons. The maximum Gasteiger partial charge on any atom is 0.412 e. The van der Waals surface area contributed by atoms with Crippen LogP contribution < -0.4 is 19.7 Å². The highest BCUT2D eigenvalue weighted by Gasteiger charge is 2.29. The van der Waals surface area contributed by atoms with Crippen LogP contribution in [0, 0.1) is 12.7 Å². The Morgan fingerprint density at radius 2 is 1.79 bits per heavy atom. The standard InChI is InChI=1S/C28H26FN7O5S/c1-13-6-17(24-20(7-13)34-23(40-5)12-31-24)27-35-19-8-18(29)21(9-22(19)42-27)41-15(3)14(2)36(28(38)39)16-10-32-25(33-11-16)26(37)30-4/h6-12,14-15H,1-5H3,(H,30,37)(H,38,39)/t14?,15-/m0/s1. The first kappa shape index (κ1) is 28.5. The first-order chi connectivity index (χ1) is 20.1. The third kappa shape index (κ3) is 5.48. The minimum atomic E-state index is -1.29. The number of aryl methyl sites for hydroxylation is 1. The molecule has 2 N–H and O–H groups in total. The van der Waals surface area contributed by atoms with Crippen LogP contribution in [-0.2, 0) is 0 Å². The number of carbonyl (C=O) groups excluding carboxylic acids is 1. The second kappa shape index (κ2) is 11.5. The van der Waals surface area contributed by atoms with Gasteiger partial charge in [-0.15, -0.1) is 11.3 Å². The van der Waals surface area contributed by atoms with E-state index in [1.807, 2.05) is 19.1 Å². The van der Waals surface area contributed by atoms with E-state index in [9.17, 15) is 14.7 Å². The zero-order valence-electron chi connectivity index (χ0n) is 23.2. The molecule has 2 aromatic carbocycles. The van der Waals surface area contributed by atoms with Gasteiger partial charge in [0.15, 0.2) is 11.6 Å². The van der Waals surface area contributed by atoms with E-state index in [0.29, 0.717) is 32.1 Å². The minimum absolute atomic E-state index is 0.0489. The summed E-state index contributed by atoms with van der Waals surface area (Å²) in [6.45, 7) is 5.19. The predicted molar refractivity (Wildman–Crippen MR) is 155 cm³/mol. The topological polar surface area (TPSA) is 153 Å². The molecule has 0 bridgehead atoms. The number of methoxy groups -OCH3 is 1. The van der Waals surface area contributed by atoms with Crippen molar-refractivity contribution in [2.45, 2.75) is 32.9 Å². The van der Waals surface area contributed by atoms with Crippen LogP contribution in [0.2, 0.25) is 0 Å². The Balaban J connectivity index is 1.43. The lowest BCUT2D eigenvalue weighted by Crippen LogP contribution is -2.46. The Bertz CT molecular complexity index is 1810. The molecule has 3 aromatic heterocycles. The number of nitrogens with one attached hydrogen (secondary N) is 1. The van der Waals surface area contributed by atoms with Crippen molar-refractivity contribution >= 4 is 50.3 Å². The molecule has 12 nitrogen and oxygen atoms in total. The number of nitrogens with zero attached hydrogens (tertiary/aromatic N) is 6. The molecule has 2 atom stereocenters. The number of hydrogen-bond donors (Lipinski definition) is 2. The monoisotopic (exact) mass is 591 g/mol. The highest BCUT2D eigenvalue weighted by atomic mass is 32.1. The predicted octanol–water partition coefficient (Wildman–Crippen LogP) is 4.85. The van der Waals surface area contributed by atoms with Gasteiger partial charge < -0.3 is 19.9 Å². The molecule has 14 heteroatoms. The van der Waals surface area contributed by atoms with Crippen molar-refractivity contribution in [1.82, 2.24) is 30.2 Å². The summed E-state index contributed by atoms with van der Waals surface area (Å²) >= 11 is 1.35. The number of thiazole rings is 1. The molecule has 5 rings (SSSR count). The Kier molecular flexibility index (Phi) is 7.81. The smallest absolute Gasteiger partial charge is 0.412 e. The van der Waals surface area contributed by atoms with E-state index in [-0.39, 0.29) is 17.3 Å². The summed E-state index contributed by atoms with van der Waals surface area (Å²) in [4.78, 5) is 46.4. The number of aromatic nitrogens is 5. The second-order valence-corrected chi connectivity index (χ2v) is 10.5. The number of anilines is 1. The molecule has 0 radical (unpaired) electrons. The van der Waals surface area contributed by atoms with E-state index in [1.54, 1.807) is 19.9 Å². The van der Waals surface area contributed by atoms with E-state index < -0.39 is 30.0 Å². The van der Waals surface area contributed by atoms with E-state index in [4.69, 9.17) is 9.47 Å². The van der Waals surface area contributed by atoms with E-state index in [1.165, 1.54) is 50.2 Å². The summed E-state index contributed by atoms with van der Waals surface area (Å²) in [5.74, 6) is -0.905. The van der Waals surface area contributed by atoms with Crippen LogP contribution >= 0.6 is 11.3 Å². The first-order valence-electron chi connectivity index (χ1n) is 12.7. The molecule has 42 heavy (non-hydrogen) atoms. The Morgan fingerprint density at radius 3 is 2.45 bits per heavy atom. The van der Waals surface area contributed by atoms with Crippen LogP contribution in [0.4, 0.5) is 14.9 Å². The fourth-order valence-electron chi connectivity index (χ4n) is 4.35. The molecule has 0 aliphatic heterocycles. The number of carbonyl (C=O) groups is 2. The Hall–Kier alpha value is -4.98. The van der Waals surface area contributed by atoms with Gasteiger partial charge in [-0.2, -0.15) is 0 Å². The number of amides is 2. The SMILES string of the molecule is CNC(=O)c1ncc(N(C(=O)O)C(C)[C@H](C)Oc2cc3sc(-c4cc(C)cc5nc(OC)cnc45)nc3cc2F)cn1. The zero-order valence-corrected chi connectivity index (χ0v) is 24.1. The summed E-state index contributed by atoms with van der Waals surface area (Å²) in [7, 11) is 2.96. The average Bonchev–Trinajstić information content (AvgIpc) is 3.38. The molecule has 0 saturated carbocycles. The average molecular weight is 592 g/mol. The van der Waals surface area contributed by atoms with Crippen molar-refractivity contribution in [3.05, 3.63) is 60.1 Å². The van der Waals surface area contributed by atoms with Crippen molar-refractivity contribution in [3.63, 3.8) is 0 Å². The second-order valence-electron chi connectivity index (χ2n) is 9.42. The third-order valence-electron chi connectivity index (χ3n) is 6.60. The third-order valence-corrected chi connectivity index (χ3v) is 7.65. The Labute approximate surface area is 243 Å². The molecule has 5 aromatic rings. The molecule has 2 amide bonds. The van der Waals surface area contributed by atoms with Gasteiger partial charge in [0, 0.05) is 24.7 Å². The number of hydrogen-bond acceptors (Lipinski definition) is 10. The normalized spacial score (nSPS) is 12.6. The van der Waals surface area contributed by atoms with Gasteiger partial charge in [0.1, 0.15) is 11.1 Å². The molecule has 0 aliphatic rings. The number of fused-ring (bicyclic) bond motifs is 2. The highest BCUT2D eigenvalue weighted by molar-refractivity contribution is 7.21. The number of halogens is 1. The van der Waals surface area contributed by atoms with Gasteiger partial charge in [0.05, 0.1) is 58.7 Å². The molecule has 1 unspecified atom stereocenters. The van der Waals surface area contributed by atoms with E-state index >= 15 is 4.39 Å².